The van der Waals surface area contributed by atoms with Crippen LogP contribution in [0, 0.1) is 26.7 Å². The van der Waals surface area contributed by atoms with Crippen molar-refractivity contribution < 1.29 is 5.11 Å². The zero-order valence-corrected chi connectivity index (χ0v) is 13.4. The van der Waals surface area contributed by atoms with Gasteiger partial charge in [0, 0.05) is 13.1 Å². The van der Waals surface area contributed by atoms with Gasteiger partial charge in [0.1, 0.15) is 0 Å². The van der Waals surface area contributed by atoms with E-state index in [1.807, 2.05) is 0 Å². The van der Waals surface area contributed by atoms with Gasteiger partial charge in [-0.1, -0.05) is 31.0 Å². The summed E-state index contributed by atoms with van der Waals surface area (Å²) in [7, 11) is 0. The molecule has 0 heterocycles. The van der Waals surface area contributed by atoms with E-state index in [1.54, 1.807) is 0 Å². The first-order chi connectivity index (χ1) is 9.51. The molecule has 0 aromatic heterocycles. The molecule has 2 heteroatoms. The molecule has 20 heavy (non-hydrogen) atoms. The molecule has 2 rings (SSSR count). The van der Waals surface area contributed by atoms with Gasteiger partial charge >= 0.3 is 0 Å². The third kappa shape index (κ3) is 3.62. The number of likely N-dealkylation sites (N-methyl/N-ethyl adjacent to an activating group) is 1. The number of benzene rings is 1. The Kier molecular flexibility index (Phi) is 5.22. The largest absolute Gasteiger partial charge is 0.387 e. The van der Waals surface area contributed by atoms with Gasteiger partial charge in [-0.2, -0.15) is 0 Å². The number of aliphatic hydroxyl groups excluding tert-OH is 1. The van der Waals surface area contributed by atoms with E-state index >= 15 is 0 Å². The van der Waals surface area contributed by atoms with Gasteiger partial charge in [0.25, 0.3) is 0 Å². The molecule has 1 atom stereocenters. The molecule has 0 radical (unpaired) electrons. The molecule has 1 saturated carbocycles. The molecule has 2 nitrogen and oxygen atoms in total. The van der Waals surface area contributed by atoms with Crippen LogP contribution in [0.2, 0.25) is 0 Å². The minimum Gasteiger partial charge on any atom is -0.387 e. The first-order valence-electron chi connectivity index (χ1n) is 7.99. The maximum atomic E-state index is 10.6. The first kappa shape index (κ1) is 15.5. The first-order valence-corrected chi connectivity index (χ1v) is 7.99. The summed E-state index contributed by atoms with van der Waals surface area (Å²) in [5, 5.41) is 10.6. The highest BCUT2D eigenvalue weighted by Gasteiger charge is 2.22. The molecule has 1 unspecified atom stereocenters. The Bertz CT molecular complexity index is 428. The molecule has 0 spiro atoms. The number of nitrogens with zero attached hydrogens (tertiary/aromatic N) is 1. The summed E-state index contributed by atoms with van der Waals surface area (Å²) >= 11 is 0. The van der Waals surface area contributed by atoms with E-state index in [2.05, 4.69) is 44.7 Å². The van der Waals surface area contributed by atoms with Crippen molar-refractivity contribution in [3.63, 3.8) is 0 Å². The fourth-order valence-corrected chi connectivity index (χ4v) is 3.43. The SMILES string of the molecule is CCN(CC1CCC1)CC(O)c1c(C)cc(C)cc1C. The molecule has 0 aliphatic heterocycles. The predicted molar refractivity (Wildman–Crippen MR) is 85.1 cm³/mol. The van der Waals surface area contributed by atoms with Gasteiger partial charge in [-0.3, -0.25) is 0 Å². The lowest BCUT2D eigenvalue weighted by atomic mass is 9.85. The van der Waals surface area contributed by atoms with Crippen LogP contribution in [-0.4, -0.2) is 29.6 Å². The van der Waals surface area contributed by atoms with Crippen LogP contribution in [0.15, 0.2) is 12.1 Å². The van der Waals surface area contributed by atoms with Crippen molar-refractivity contribution in [2.24, 2.45) is 5.92 Å². The molecule has 1 fully saturated rings. The topological polar surface area (TPSA) is 23.5 Å². The average Bonchev–Trinajstić information content (AvgIpc) is 2.30. The number of hydrogen-bond donors (Lipinski definition) is 1. The van der Waals surface area contributed by atoms with E-state index in [-0.39, 0.29) is 6.10 Å². The van der Waals surface area contributed by atoms with Crippen LogP contribution in [0.1, 0.15) is 54.5 Å². The molecule has 1 aliphatic carbocycles. The second-order valence-corrected chi connectivity index (χ2v) is 6.48. The lowest BCUT2D eigenvalue weighted by Gasteiger charge is -2.33. The molecule has 1 N–H and O–H groups in total. The summed E-state index contributed by atoms with van der Waals surface area (Å²) in [5.74, 6) is 0.863. The van der Waals surface area contributed by atoms with Crippen LogP contribution < -0.4 is 0 Å². The Morgan fingerprint density at radius 3 is 2.25 bits per heavy atom. The number of aryl methyl sites for hydroxylation is 3. The molecule has 1 aromatic rings. The fraction of sp³-hybridized carbons (Fsp3) is 0.667. The van der Waals surface area contributed by atoms with Crippen LogP contribution in [-0.2, 0) is 0 Å². The van der Waals surface area contributed by atoms with E-state index in [0.717, 1.165) is 31.1 Å². The quantitative estimate of drug-likeness (QED) is 0.854. The molecule has 112 valence electrons. The van der Waals surface area contributed by atoms with Crippen molar-refractivity contribution in [1.29, 1.82) is 0 Å². The summed E-state index contributed by atoms with van der Waals surface area (Å²) in [5.41, 5.74) is 4.84. The van der Waals surface area contributed by atoms with E-state index < -0.39 is 0 Å². The Labute approximate surface area is 123 Å². The zero-order valence-electron chi connectivity index (χ0n) is 13.4. The summed E-state index contributed by atoms with van der Waals surface area (Å²) < 4.78 is 0. The van der Waals surface area contributed by atoms with E-state index in [1.165, 1.54) is 36.0 Å². The van der Waals surface area contributed by atoms with Crippen LogP contribution in [0.3, 0.4) is 0 Å². The van der Waals surface area contributed by atoms with Crippen molar-refractivity contribution >= 4 is 0 Å². The van der Waals surface area contributed by atoms with Gasteiger partial charge in [-0.25, -0.2) is 0 Å². The van der Waals surface area contributed by atoms with E-state index in [4.69, 9.17) is 0 Å². The number of hydrogen-bond acceptors (Lipinski definition) is 2. The summed E-state index contributed by atoms with van der Waals surface area (Å²) in [6.45, 7) is 11.5. The summed E-state index contributed by atoms with van der Waals surface area (Å²) in [6, 6.07) is 4.35. The second-order valence-electron chi connectivity index (χ2n) is 6.48. The molecule has 0 amide bonds. The zero-order chi connectivity index (χ0) is 14.7. The van der Waals surface area contributed by atoms with Crippen molar-refractivity contribution in [3.8, 4) is 0 Å². The van der Waals surface area contributed by atoms with Crippen molar-refractivity contribution in [3.05, 3.63) is 34.4 Å². The highest BCUT2D eigenvalue weighted by Crippen LogP contribution is 2.29. The Morgan fingerprint density at radius 1 is 1.20 bits per heavy atom. The minimum absolute atomic E-state index is 0.365. The highest BCUT2D eigenvalue weighted by atomic mass is 16.3. The van der Waals surface area contributed by atoms with Crippen LogP contribution >= 0.6 is 0 Å². The molecule has 0 saturated heterocycles. The molecular formula is C18H29NO. The fourth-order valence-electron chi connectivity index (χ4n) is 3.43. The van der Waals surface area contributed by atoms with Crippen LogP contribution in [0.5, 0.6) is 0 Å². The maximum Gasteiger partial charge on any atom is 0.0922 e. The molecule has 0 bridgehead atoms. The van der Waals surface area contributed by atoms with Crippen LogP contribution in [0.25, 0.3) is 0 Å². The van der Waals surface area contributed by atoms with Gasteiger partial charge in [-0.15, -0.1) is 0 Å². The van der Waals surface area contributed by atoms with Gasteiger partial charge in [-0.05, 0) is 62.8 Å². The number of aliphatic hydroxyl groups is 1. The summed E-state index contributed by atoms with van der Waals surface area (Å²) in [4.78, 5) is 2.41. The highest BCUT2D eigenvalue weighted by molar-refractivity contribution is 5.39. The minimum atomic E-state index is -0.365. The van der Waals surface area contributed by atoms with Gasteiger partial charge in [0.2, 0.25) is 0 Å². The van der Waals surface area contributed by atoms with Crippen molar-refractivity contribution in [2.45, 2.75) is 53.1 Å². The Balaban J connectivity index is 2.04. The number of rotatable bonds is 6. The maximum absolute atomic E-state index is 10.6. The molecule has 1 aliphatic rings. The Hall–Kier alpha value is -0.860. The summed E-state index contributed by atoms with van der Waals surface area (Å²) in [6.07, 6.45) is 3.77. The van der Waals surface area contributed by atoms with E-state index in [0.29, 0.717) is 0 Å². The molecular weight excluding hydrogens is 246 g/mol. The van der Waals surface area contributed by atoms with Gasteiger partial charge in [0.05, 0.1) is 6.10 Å². The van der Waals surface area contributed by atoms with Crippen LogP contribution in [0.4, 0.5) is 0 Å². The predicted octanol–water partition coefficient (Wildman–Crippen LogP) is 3.77. The lowest BCUT2D eigenvalue weighted by molar-refractivity contribution is 0.0933. The van der Waals surface area contributed by atoms with Gasteiger partial charge in [0.15, 0.2) is 0 Å². The van der Waals surface area contributed by atoms with Crippen molar-refractivity contribution in [1.82, 2.24) is 4.90 Å². The van der Waals surface area contributed by atoms with Crippen molar-refractivity contribution in [2.75, 3.05) is 19.6 Å². The average molecular weight is 275 g/mol. The monoisotopic (exact) mass is 275 g/mol. The van der Waals surface area contributed by atoms with Gasteiger partial charge < -0.3 is 10.0 Å². The third-order valence-electron chi connectivity index (χ3n) is 4.69. The second kappa shape index (κ2) is 6.73. The Morgan fingerprint density at radius 2 is 1.80 bits per heavy atom. The normalized spacial score (nSPS) is 17.3. The lowest BCUT2D eigenvalue weighted by Crippen LogP contribution is -2.35. The van der Waals surface area contributed by atoms with E-state index in [9.17, 15) is 5.11 Å². The third-order valence-corrected chi connectivity index (χ3v) is 4.69. The standard InChI is InChI=1S/C18H29NO/c1-5-19(11-16-7-6-8-16)12-17(20)18-14(3)9-13(2)10-15(18)4/h9-10,16-17,20H,5-8,11-12H2,1-4H3. The smallest absolute Gasteiger partial charge is 0.0922 e. The molecule has 1 aromatic carbocycles.